The van der Waals surface area contributed by atoms with Gasteiger partial charge in [0.05, 0.1) is 36.1 Å². The molecule has 0 fully saturated rings. The van der Waals surface area contributed by atoms with E-state index in [9.17, 15) is 21.0 Å². The lowest BCUT2D eigenvalue weighted by Crippen LogP contribution is -2.34. The summed E-state index contributed by atoms with van der Waals surface area (Å²) in [4.78, 5) is 15.2. The molecule has 0 spiro atoms. The molecular formula is C35H24Cl2N4O. The summed E-state index contributed by atoms with van der Waals surface area (Å²) in [5, 5.41) is 41.2. The van der Waals surface area contributed by atoms with Crippen LogP contribution >= 0.6 is 23.2 Å². The number of Topliss-reactive ketones (excluding diaryl/α,β-unsaturated/α-hetero) is 1. The summed E-state index contributed by atoms with van der Waals surface area (Å²) in [6.45, 7) is 0. The molecule has 4 atom stereocenters. The summed E-state index contributed by atoms with van der Waals surface area (Å²) in [7, 11) is 0. The van der Waals surface area contributed by atoms with Crippen LogP contribution in [0, 0.1) is 57.2 Å². The van der Waals surface area contributed by atoms with Gasteiger partial charge in [-0.25, -0.2) is 0 Å². The molecule has 0 amide bonds. The van der Waals surface area contributed by atoms with Crippen LogP contribution in [-0.2, 0) is 4.79 Å². The normalized spacial score (nSPS) is 13.5. The van der Waals surface area contributed by atoms with Crippen molar-refractivity contribution in [3.8, 4) is 24.3 Å². The first-order valence-electron chi connectivity index (χ1n) is 13.2. The van der Waals surface area contributed by atoms with Gasteiger partial charge in [-0.15, -0.1) is 0 Å². The minimum absolute atomic E-state index is 0.317. The summed E-state index contributed by atoms with van der Waals surface area (Å²) < 4.78 is 0. The molecule has 4 aromatic rings. The summed E-state index contributed by atoms with van der Waals surface area (Å²) in [6, 6.07) is 39.9. The summed E-state index contributed by atoms with van der Waals surface area (Å²) in [5.41, 5.74) is 2.11. The van der Waals surface area contributed by atoms with Crippen LogP contribution in [0.15, 0.2) is 109 Å². The predicted molar refractivity (Wildman–Crippen MR) is 161 cm³/mol. The summed E-state index contributed by atoms with van der Waals surface area (Å²) >= 11 is 13.3. The number of halogens is 2. The van der Waals surface area contributed by atoms with E-state index < -0.39 is 35.5 Å². The minimum Gasteiger partial charge on any atom is -0.298 e. The van der Waals surface area contributed by atoms with Gasteiger partial charge in [-0.1, -0.05) is 120 Å². The van der Waals surface area contributed by atoms with Crippen molar-refractivity contribution in [2.45, 2.75) is 23.7 Å². The quantitative estimate of drug-likeness (QED) is 0.185. The van der Waals surface area contributed by atoms with E-state index in [2.05, 4.69) is 24.3 Å². The number of carbonyl (C=O) groups excluding carboxylic acids is 1. The maximum Gasteiger partial charge on any atom is 0.149 e. The Balaban J connectivity index is 2.06. The van der Waals surface area contributed by atoms with Crippen LogP contribution in [-0.4, -0.2) is 5.78 Å². The molecule has 0 aromatic heterocycles. The number of rotatable bonds is 10. The largest absolute Gasteiger partial charge is 0.298 e. The number of carbonyl (C=O) groups is 1. The number of hydrogen-bond donors (Lipinski definition) is 0. The van der Waals surface area contributed by atoms with E-state index >= 15 is 4.79 Å². The zero-order valence-corrected chi connectivity index (χ0v) is 23.8. The molecule has 0 heterocycles. The Bertz CT molecular complexity index is 1560. The second-order valence-corrected chi connectivity index (χ2v) is 10.6. The Morgan fingerprint density at radius 2 is 0.810 bits per heavy atom. The molecule has 5 nitrogen and oxygen atoms in total. The van der Waals surface area contributed by atoms with Crippen molar-refractivity contribution in [1.29, 1.82) is 21.0 Å². The van der Waals surface area contributed by atoms with Crippen LogP contribution in [0.2, 0.25) is 10.0 Å². The molecule has 204 valence electrons. The smallest absolute Gasteiger partial charge is 0.149 e. The van der Waals surface area contributed by atoms with Crippen LogP contribution in [0.25, 0.3) is 0 Å². The van der Waals surface area contributed by atoms with E-state index in [-0.39, 0.29) is 5.78 Å². The first-order valence-corrected chi connectivity index (χ1v) is 13.9. The molecule has 0 bridgehead atoms. The van der Waals surface area contributed by atoms with Crippen molar-refractivity contribution in [3.63, 3.8) is 0 Å². The Morgan fingerprint density at radius 3 is 1.12 bits per heavy atom. The molecule has 4 aromatic carbocycles. The lowest BCUT2D eigenvalue weighted by molar-refractivity contribution is -0.123. The van der Waals surface area contributed by atoms with Crippen LogP contribution in [0.4, 0.5) is 0 Å². The van der Waals surface area contributed by atoms with E-state index in [1.165, 1.54) is 0 Å². The van der Waals surface area contributed by atoms with Crippen molar-refractivity contribution >= 4 is 29.0 Å². The Kier molecular flexibility index (Phi) is 10.1. The zero-order chi connectivity index (χ0) is 30.1. The Labute approximate surface area is 255 Å². The number of nitrogens with zero attached hydrogens (tertiary/aromatic N) is 4. The van der Waals surface area contributed by atoms with Crippen molar-refractivity contribution in [3.05, 3.63) is 141 Å². The fraction of sp³-hybridized carbons (Fsp3) is 0.171. The molecule has 42 heavy (non-hydrogen) atoms. The van der Waals surface area contributed by atoms with E-state index in [1.54, 1.807) is 97.1 Å². The van der Waals surface area contributed by atoms with E-state index in [0.29, 0.717) is 32.3 Å². The SMILES string of the molecule is N#CC(C#N)[C@@H](c1ccccc1Cl)[C@H](C(=O)[C@H](c1ccccc1)[C@H](c1ccccc1Cl)C(C#N)C#N)c1ccccc1. The number of hydrogen-bond acceptors (Lipinski definition) is 5. The predicted octanol–water partition coefficient (Wildman–Crippen LogP) is 8.32. The van der Waals surface area contributed by atoms with Gasteiger partial charge < -0.3 is 0 Å². The molecule has 0 aliphatic rings. The van der Waals surface area contributed by atoms with Crippen molar-refractivity contribution in [2.75, 3.05) is 0 Å². The number of ketones is 1. The Hall–Kier alpha value is -4.91. The average molecular weight is 588 g/mol. The van der Waals surface area contributed by atoms with Gasteiger partial charge in [-0.2, -0.15) is 21.0 Å². The van der Waals surface area contributed by atoms with Crippen LogP contribution in [0.5, 0.6) is 0 Å². The molecule has 0 unspecified atom stereocenters. The zero-order valence-electron chi connectivity index (χ0n) is 22.3. The van der Waals surface area contributed by atoms with Gasteiger partial charge in [0, 0.05) is 21.9 Å². The highest BCUT2D eigenvalue weighted by molar-refractivity contribution is 6.31. The first-order chi connectivity index (χ1) is 20.5. The van der Waals surface area contributed by atoms with Crippen LogP contribution < -0.4 is 0 Å². The molecule has 0 N–H and O–H groups in total. The molecule has 0 aliphatic carbocycles. The number of nitriles is 4. The van der Waals surface area contributed by atoms with Crippen molar-refractivity contribution in [1.82, 2.24) is 0 Å². The molecule has 7 heteroatoms. The monoisotopic (exact) mass is 586 g/mol. The third kappa shape index (κ3) is 6.20. The average Bonchev–Trinajstić information content (AvgIpc) is 3.03. The highest BCUT2D eigenvalue weighted by Crippen LogP contribution is 2.49. The van der Waals surface area contributed by atoms with E-state index in [4.69, 9.17) is 23.2 Å². The van der Waals surface area contributed by atoms with Gasteiger partial charge in [0.15, 0.2) is 0 Å². The third-order valence-electron chi connectivity index (χ3n) is 7.45. The fourth-order valence-corrected chi connectivity index (χ4v) is 6.11. The van der Waals surface area contributed by atoms with Gasteiger partial charge >= 0.3 is 0 Å². The standard InChI is InChI=1S/C35H24Cl2N4O/c36-29-17-9-7-15-27(29)31(25(19-38)20-39)33(23-11-3-1-4-12-23)35(42)34(24-13-5-2-6-14-24)32(26(21-40)22-41)28-16-8-10-18-30(28)37/h1-18,25-26,31-34H/t31-,32-,33+,34+/m0/s1. The lowest BCUT2D eigenvalue weighted by Gasteiger charge is -2.35. The number of benzene rings is 4. The first kappa shape index (κ1) is 30.1. The minimum atomic E-state index is -1.24. The second kappa shape index (κ2) is 14.1. The lowest BCUT2D eigenvalue weighted by atomic mass is 9.65. The van der Waals surface area contributed by atoms with Crippen molar-refractivity contribution < 1.29 is 4.79 Å². The maximum atomic E-state index is 15.2. The van der Waals surface area contributed by atoms with E-state index in [1.807, 2.05) is 12.1 Å². The van der Waals surface area contributed by atoms with Crippen LogP contribution in [0.3, 0.4) is 0 Å². The van der Waals surface area contributed by atoms with Gasteiger partial charge in [0.25, 0.3) is 0 Å². The molecule has 0 aliphatic heterocycles. The third-order valence-corrected chi connectivity index (χ3v) is 8.14. The van der Waals surface area contributed by atoms with Gasteiger partial charge in [0.2, 0.25) is 0 Å². The summed E-state index contributed by atoms with van der Waals surface area (Å²) in [5.74, 6) is -6.83. The highest BCUT2D eigenvalue weighted by Gasteiger charge is 2.45. The molecule has 4 rings (SSSR count). The highest BCUT2D eigenvalue weighted by atomic mass is 35.5. The van der Waals surface area contributed by atoms with Crippen LogP contribution in [0.1, 0.15) is 45.9 Å². The molecule has 0 saturated heterocycles. The molecule has 0 saturated carbocycles. The van der Waals surface area contributed by atoms with Gasteiger partial charge in [-0.05, 0) is 34.4 Å². The molecule has 0 radical (unpaired) electrons. The second-order valence-electron chi connectivity index (χ2n) is 9.75. The molecular weight excluding hydrogens is 563 g/mol. The van der Waals surface area contributed by atoms with Gasteiger partial charge in [-0.3, -0.25) is 4.79 Å². The summed E-state index contributed by atoms with van der Waals surface area (Å²) in [6.07, 6.45) is 0. The van der Waals surface area contributed by atoms with Crippen molar-refractivity contribution in [2.24, 2.45) is 11.8 Å². The fourth-order valence-electron chi connectivity index (χ4n) is 5.58. The van der Waals surface area contributed by atoms with Gasteiger partial charge in [0.1, 0.15) is 17.6 Å². The van der Waals surface area contributed by atoms with E-state index in [0.717, 1.165) is 0 Å². The topological polar surface area (TPSA) is 112 Å². The maximum absolute atomic E-state index is 15.2. The Morgan fingerprint density at radius 1 is 0.500 bits per heavy atom.